The number of nitrogen functional groups attached to an aromatic ring is 1. The highest BCUT2D eigenvalue weighted by Crippen LogP contribution is 2.22. The van der Waals surface area contributed by atoms with Gasteiger partial charge >= 0.3 is 5.97 Å². The normalized spacial score (nSPS) is 10.3. The van der Waals surface area contributed by atoms with Crippen LogP contribution in [-0.2, 0) is 6.61 Å². The highest BCUT2D eigenvalue weighted by atomic mass is 19.1. The molecule has 2 aromatic rings. The quantitative estimate of drug-likeness (QED) is 0.841. The van der Waals surface area contributed by atoms with Gasteiger partial charge in [0, 0.05) is 11.3 Å². The molecular formula is C15H14FNO3. The number of carboxylic acid groups (broad SMARTS) is 1. The van der Waals surface area contributed by atoms with Gasteiger partial charge in [0.25, 0.3) is 0 Å². The van der Waals surface area contributed by atoms with Crippen molar-refractivity contribution in [3.8, 4) is 5.75 Å². The van der Waals surface area contributed by atoms with Gasteiger partial charge in [-0.3, -0.25) is 0 Å². The van der Waals surface area contributed by atoms with Gasteiger partial charge in [-0.05, 0) is 30.7 Å². The van der Waals surface area contributed by atoms with Crippen LogP contribution in [0.15, 0.2) is 36.4 Å². The number of anilines is 1. The number of rotatable bonds is 4. The van der Waals surface area contributed by atoms with Crippen LogP contribution in [0.25, 0.3) is 0 Å². The number of carboxylic acids is 1. The van der Waals surface area contributed by atoms with E-state index in [2.05, 4.69) is 0 Å². The first kappa shape index (κ1) is 13.9. The Balaban J connectivity index is 2.25. The van der Waals surface area contributed by atoms with Crippen LogP contribution < -0.4 is 10.5 Å². The summed E-state index contributed by atoms with van der Waals surface area (Å²) in [6.45, 7) is 1.75. The van der Waals surface area contributed by atoms with E-state index in [1.54, 1.807) is 24.3 Å². The molecule has 0 atom stereocenters. The molecule has 2 aromatic carbocycles. The Bertz CT molecular complexity index is 656. The lowest BCUT2D eigenvalue weighted by atomic mass is 10.1. The zero-order chi connectivity index (χ0) is 14.7. The minimum Gasteiger partial charge on any atom is -0.486 e. The summed E-state index contributed by atoms with van der Waals surface area (Å²) >= 11 is 0. The molecule has 3 N–H and O–H groups in total. The molecule has 0 aromatic heterocycles. The van der Waals surface area contributed by atoms with E-state index in [0.717, 1.165) is 5.56 Å². The Morgan fingerprint density at radius 2 is 2.10 bits per heavy atom. The fourth-order valence-electron chi connectivity index (χ4n) is 1.88. The van der Waals surface area contributed by atoms with Crippen molar-refractivity contribution < 1.29 is 19.0 Å². The van der Waals surface area contributed by atoms with E-state index in [0.29, 0.717) is 5.56 Å². The van der Waals surface area contributed by atoms with Gasteiger partial charge in [-0.2, -0.15) is 0 Å². The molecular weight excluding hydrogens is 261 g/mol. The molecule has 0 fully saturated rings. The fraction of sp³-hybridized carbons (Fsp3) is 0.133. The Labute approximate surface area is 115 Å². The minimum atomic E-state index is -1.13. The lowest BCUT2D eigenvalue weighted by Crippen LogP contribution is -2.09. The molecule has 0 aliphatic rings. The van der Waals surface area contributed by atoms with Crippen molar-refractivity contribution in [2.24, 2.45) is 0 Å². The molecule has 0 saturated carbocycles. The topological polar surface area (TPSA) is 72.5 Å². The molecule has 0 heterocycles. The highest BCUT2D eigenvalue weighted by Gasteiger charge is 2.14. The molecule has 4 nitrogen and oxygen atoms in total. The van der Waals surface area contributed by atoms with Gasteiger partial charge in [0.1, 0.15) is 6.61 Å². The predicted molar refractivity (Wildman–Crippen MR) is 73.3 cm³/mol. The number of halogens is 1. The average Bonchev–Trinajstić information content (AvgIpc) is 2.39. The van der Waals surface area contributed by atoms with Crippen molar-refractivity contribution in [2.75, 3.05) is 5.73 Å². The van der Waals surface area contributed by atoms with Crippen molar-refractivity contribution in [1.82, 2.24) is 0 Å². The zero-order valence-electron chi connectivity index (χ0n) is 10.9. The van der Waals surface area contributed by atoms with Crippen molar-refractivity contribution in [1.29, 1.82) is 0 Å². The summed E-state index contributed by atoms with van der Waals surface area (Å²) in [4.78, 5) is 11.2. The second kappa shape index (κ2) is 5.61. The molecule has 104 valence electrons. The fourth-order valence-corrected chi connectivity index (χ4v) is 1.88. The van der Waals surface area contributed by atoms with Crippen molar-refractivity contribution in [2.45, 2.75) is 13.5 Å². The Hall–Kier alpha value is -2.56. The molecule has 2 rings (SSSR count). The molecule has 0 aliphatic carbocycles. The van der Waals surface area contributed by atoms with Crippen LogP contribution in [0.4, 0.5) is 10.1 Å². The summed E-state index contributed by atoms with van der Waals surface area (Å²) in [6, 6.07) is 9.22. The smallest absolute Gasteiger partial charge is 0.338 e. The van der Waals surface area contributed by atoms with Crippen LogP contribution in [0.5, 0.6) is 5.75 Å². The van der Waals surface area contributed by atoms with Crippen LogP contribution in [0.3, 0.4) is 0 Å². The molecule has 0 saturated heterocycles. The number of benzene rings is 2. The second-order valence-corrected chi connectivity index (χ2v) is 4.41. The van der Waals surface area contributed by atoms with E-state index in [9.17, 15) is 9.18 Å². The number of nitrogens with two attached hydrogens (primary N) is 1. The molecule has 0 unspecified atom stereocenters. The monoisotopic (exact) mass is 275 g/mol. The number of carbonyl (C=O) groups is 1. The first-order valence-electron chi connectivity index (χ1n) is 5.98. The third-order valence-electron chi connectivity index (χ3n) is 2.87. The Kier molecular flexibility index (Phi) is 3.89. The number of aryl methyl sites for hydroxylation is 1. The van der Waals surface area contributed by atoms with E-state index in [4.69, 9.17) is 15.6 Å². The van der Waals surface area contributed by atoms with Gasteiger partial charge in [0.05, 0.1) is 5.56 Å². The standard InChI is InChI=1S/C15H14FNO3/c1-9-5-6-11(16)13(7-9)20-8-10-3-2-4-12(17)14(10)15(18)19/h2-7H,8,17H2,1H3,(H,18,19). The highest BCUT2D eigenvalue weighted by molar-refractivity contribution is 5.95. The van der Waals surface area contributed by atoms with E-state index in [1.807, 2.05) is 6.92 Å². The van der Waals surface area contributed by atoms with E-state index in [1.165, 1.54) is 12.1 Å². The lowest BCUT2D eigenvalue weighted by molar-refractivity contribution is 0.0695. The number of hydrogen-bond acceptors (Lipinski definition) is 3. The van der Waals surface area contributed by atoms with Crippen LogP contribution in [-0.4, -0.2) is 11.1 Å². The third kappa shape index (κ3) is 2.88. The van der Waals surface area contributed by atoms with Crippen molar-refractivity contribution >= 4 is 11.7 Å². The summed E-state index contributed by atoms with van der Waals surface area (Å²) in [6.07, 6.45) is 0. The summed E-state index contributed by atoms with van der Waals surface area (Å²) in [5.74, 6) is -1.54. The Morgan fingerprint density at radius 1 is 1.35 bits per heavy atom. The van der Waals surface area contributed by atoms with Crippen LogP contribution in [0.1, 0.15) is 21.5 Å². The van der Waals surface area contributed by atoms with Crippen LogP contribution >= 0.6 is 0 Å². The van der Waals surface area contributed by atoms with Gasteiger partial charge in [-0.1, -0.05) is 18.2 Å². The summed E-state index contributed by atoms with van der Waals surface area (Å²) in [5, 5.41) is 9.13. The number of hydrogen-bond donors (Lipinski definition) is 2. The minimum absolute atomic E-state index is 0.0134. The largest absolute Gasteiger partial charge is 0.486 e. The van der Waals surface area contributed by atoms with Crippen molar-refractivity contribution in [3.63, 3.8) is 0 Å². The molecule has 0 amide bonds. The predicted octanol–water partition coefficient (Wildman–Crippen LogP) is 2.99. The lowest BCUT2D eigenvalue weighted by Gasteiger charge is -2.11. The van der Waals surface area contributed by atoms with Crippen molar-refractivity contribution in [3.05, 3.63) is 58.9 Å². The van der Waals surface area contributed by atoms with E-state index < -0.39 is 11.8 Å². The molecule has 0 bridgehead atoms. The maximum absolute atomic E-state index is 13.5. The van der Waals surface area contributed by atoms with E-state index in [-0.39, 0.29) is 23.6 Å². The first-order chi connectivity index (χ1) is 9.49. The van der Waals surface area contributed by atoms with Crippen LogP contribution in [0.2, 0.25) is 0 Å². The van der Waals surface area contributed by atoms with E-state index >= 15 is 0 Å². The third-order valence-corrected chi connectivity index (χ3v) is 2.87. The molecule has 0 radical (unpaired) electrons. The molecule has 20 heavy (non-hydrogen) atoms. The maximum Gasteiger partial charge on any atom is 0.338 e. The van der Waals surface area contributed by atoms with Gasteiger partial charge in [0.2, 0.25) is 0 Å². The first-order valence-corrected chi connectivity index (χ1v) is 5.98. The SMILES string of the molecule is Cc1ccc(F)c(OCc2cccc(N)c2C(=O)O)c1. The summed E-state index contributed by atoms with van der Waals surface area (Å²) in [7, 11) is 0. The summed E-state index contributed by atoms with van der Waals surface area (Å²) < 4.78 is 18.9. The van der Waals surface area contributed by atoms with Gasteiger partial charge in [0.15, 0.2) is 11.6 Å². The summed E-state index contributed by atoms with van der Waals surface area (Å²) in [5.41, 5.74) is 7.03. The molecule has 0 spiro atoms. The maximum atomic E-state index is 13.5. The molecule has 0 aliphatic heterocycles. The van der Waals surface area contributed by atoms with Gasteiger partial charge in [-0.15, -0.1) is 0 Å². The average molecular weight is 275 g/mol. The Morgan fingerprint density at radius 3 is 2.80 bits per heavy atom. The van der Waals surface area contributed by atoms with Gasteiger partial charge in [-0.25, -0.2) is 9.18 Å². The molecule has 5 heteroatoms. The van der Waals surface area contributed by atoms with Crippen LogP contribution in [0, 0.1) is 12.7 Å². The number of ether oxygens (including phenoxy) is 1. The second-order valence-electron chi connectivity index (χ2n) is 4.41. The zero-order valence-corrected chi connectivity index (χ0v) is 10.9. The van der Waals surface area contributed by atoms with Gasteiger partial charge < -0.3 is 15.6 Å². The number of aromatic carboxylic acids is 1.